The molecule has 1 amide bonds. The van der Waals surface area contributed by atoms with Gasteiger partial charge in [0, 0.05) is 18.5 Å². The van der Waals surface area contributed by atoms with E-state index < -0.39 is 20.0 Å². The lowest BCUT2D eigenvalue weighted by molar-refractivity contribution is 0.0354. The highest BCUT2D eigenvalue weighted by molar-refractivity contribution is 7.47. The third-order valence-electron chi connectivity index (χ3n) is 5.67. The Kier molecular flexibility index (Phi) is 8.06. The molecular weight excluding hydrogens is 413 g/mol. The fraction of sp³-hybridized carbons (Fsp3) is 0.458. The van der Waals surface area contributed by atoms with Gasteiger partial charge in [-0.25, -0.2) is 4.57 Å². The topological polar surface area (TPSA) is 76.1 Å². The molecule has 1 aliphatic carbocycles. The summed E-state index contributed by atoms with van der Waals surface area (Å²) in [6, 6.07) is 15.0. The number of unbranched alkanes of at least 4 members (excludes halogenated alkanes) is 1. The van der Waals surface area contributed by atoms with Gasteiger partial charge in [0.1, 0.15) is 0 Å². The van der Waals surface area contributed by atoms with E-state index in [9.17, 15) is 14.3 Å². The summed E-state index contributed by atoms with van der Waals surface area (Å²) in [5.41, 5.74) is 3.77. The quantitative estimate of drug-likeness (QED) is 0.502. The first-order valence-electron chi connectivity index (χ1n) is 11.0. The van der Waals surface area contributed by atoms with Gasteiger partial charge in [-0.1, -0.05) is 49.7 Å². The molecule has 168 valence electrons. The maximum atomic E-state index is 13.4. The van der Waals surface area contributed by atoms with Crippen LogP contribution in [0.2, 0.25) is 0 Å². The van der Waals surface area contributed by atoms with Crippen molar-refractivity contribution in [3.8, 4) is 0 Å². The molecule has 0 aliphatic heterocycles. The van der Waals surface area contributed by atoms with E-state index >= 15 is 0 Å². The van der Waals surface area contributed by atoms with Crippen LogP contribution in [0.4, 0.5) is 0 Å². The summed E-state index contributed by atoms with van der Waals surface area (Å²) in [6.45, 7) is 6.22. The Morgan fingerprint density at radius 2 is 1.84 bits per heavy atom. The number of fused-ring (bicyclic) bond motifs is 1. The summed E-state index contributed by atoms with van der Waals surface area (Å²) in [5, 5.41) is 0. The molecule has 0 bridgehead atoms. The molecule has 31 heavy (non-hydrogen) atoms. The molecule has 0 radical (unpaired) electrons. The zero-order chi connectivity index (χ0) is 22.4. The number of carbonyl (C=O) groups excluding carboxylic acids is 1. The van der Waals surface area contributed by atoms with Gasteiger partial charge in [-0.05, 0) is 55.5 Å². The minimum Gasteiger partial charge on any atom is -0.329 e. The number of carbonyl (C=O) groups is 1. The van der Waals surface area contributed by atoms with Gasteiger partial charge in [-0.2, -0.15) is 0 Å². The maximum Gasteiger partial charge on any atom is 0.472 e. The Morgan fingerprint density at radius 3 is 2.48 bits per heavy atom. The number of nitrogens with zero attached hydrogens (tertiary/aromatic N) is 1. The van der Waals surface area contributed by atoms with E-state index in [4.69, 9.17) is 9.05 Å². The fourth-order valence-corrected chi connectivity index (χ4v) is 5.11. The monoisotopic (exact) mass is 445 g/mol. The van der Waals surface area contributed by atoms with Crippen LogP contribution in [0.5, 0.6) is 0 Å². The van der Waals surface area contributed by atoms with E-state index in [-0.39, 0.29) is 12.5 Å². The van der Waals surface area contributed by atoms with E-state index in [2.05, 4.69) is 6.92 Å². The van der Waals surface area contributed by atoms with Crippen molar-refractivity contribution in [3.05, 3.63) is 70.8 Å². The van der Waals surface area contributed by atoms with Gasteiger partial charge in [0.25, 0.3) is 5.91 Å². The molecule has 0 spiro atoms. The number of aryl methyl sites for hydroxylation is 1. The highest BCUT2D eigenvalue weighted by Gasteiger charge is 2.42. The van der Waals surface area contributed by atoms with E-state index in [1.54, 1.807) is 11.8 Å². The van der Waals surface area contributed by atoms with Crippen LogP contribution >= 0.6 is 7.82 Å². The largest absolute Gasteiger partial charge is 0.472 e. The lowest BCUT2D eigenvalue weighted by atomic mass is 10.0. The predicted octanol–water partition coefficient (Wildman–Crippen LogP) is 5.31. The SMILES string of the molecule is CCCCc1ccc(C(=O)N(CC)[C@@H]2c3ccccc3C[C@@H]2OP(=O)(O)OCC)cc1. The van der Waals surface area contributed by atoms with Gasteiger partial charge in [0.05, 0.1) is 18.8 Å². The van der Waals surface area contributed by atoms with E-state index in [0.717, 1.165) is 30.4 Å². The maximum absolute atomic E-state index is 13.4. The molecule has 7 heteroatoms. The number of benzene rings is 2. The van der Waals surface area contributed by atoms with Crippen LogP contribution < -0.4 is 0 Å². The van der Waals surface area contributed by atoms with Crippen molar-refractivity contribution in [1.29, 1.82) is 0 Å². The molecule has 2 aromatic rings. The second-order valence-corrected chi connectivity index (χ2v) is 9.18. The molecule has 2 aromatic carbocycles. The van der Waals surface area contributed by atoms with Gasteiger partial charge in [-0.15, -0.1) is 0 Å². The molecule has 1 N–H and O–H groups in total. The van der Waals surface area contributed by atoms with Gasteiger partial charge in [0.2, 0.25) is 0 Å². The average molecular weight is 445 g/mol. The molecule has 0 fully saturated rings. The highest BCUT2D eigenvalue weighted by Crippen LogP contribution is 2.50. The lowest BCUT2D eigenvalue weighted by Gasteiger charge is -2.33. The molecule has 1 unspecified atom stereocenters. The lowest BCUT2D eigenvalue weighted by Crippen LogP contribution is -2.39. The standard InChI is InChI=1S/C24H32NO5P/c1-4-7-10-18-13-15-19(16-14-18)24(26)25(5-2)23-21-12-9-8-11-20(21)17-22(23)30-31(27,28)29-6-3/h8-9,11-16,22-23H,4-7,10,17H2,1-3H3,(H,27,28)/t22-,23+/m0/s1. The van der Waals surface area contributed by atoms with Crippen molar-refractivity contribution in [2.45, 2.75) is 58.6 Å². The second kappa shape index (κ2) is 10.6. The van der Waals surface area contributed by atoms with Crippen LogP contribution in [0.15, 0.2) is 48.5 Å². The molecular formula is C24H32NO5P. The van der Waals surface area contributed by atoms with Crippen molar-refractivity contribution < 1.29 is 23.3 Å². The number of phosphoric acid groups is 1. The predicted molar refractivity (Wildman–Crippen MR) is 121 cm³/mol. The van der Waals surface area contributed by atoms with Crippen LogP contribution in [0.3, 0.4) is 0 Å². The molecule has 0 saturated carbocycles. The van der Waals surface area contributed by atoms with Crippen molar-refractivity contribution in [1.82, 2.24) is 4.90 Å². The summed E-state index contributed by atoms with van der Waals surface area (Å²) in [7, 11) is -4.22. The van der Waals surface area contributed by atoms with E-state index in [1.807, 2.05) is 55.5 Å². The molecule has 0 aromatic heterocycles. The van der Waals surface area contributed by atoms with Crippen LogP contribution in [-0.2, 0) is 26.5 Å². The smallest absolute Gasteiger partial charge is 0.329 e. The third kappa shape index (κ3) is 5.64. The fourth-order valence-electron chi connectivity index (χ4n) is 4.19. The summed E-state index contributed by atoms with van der Waals surface area (Å²) in [6.07, 6.45) is 3.03. The van der Waals surface area contributed by atoms with Gasteiger partial charge >= 0.3 is 7.82 Å². The van der Waals surface area contributed by atoms with E-state index in [0.29, 0.717) is 18.5 Å². The zero-order valence-corrected chi connectivity index (χ0v) is 19.4. The second-order valence-electron chi connectivity index (χ2n) is 7.77. The van der Waals surface area contributed by atoms with Crippen LogP contribution in [0.25, 0.3) is 0 Å². The zero-order valence-electron chi connectivity index (χ0n) is 18.5. The highest BCUT2D eigenvalue weighted by atomic mass is 31.2. The summed E-state index contributed by atoms with van der Waals surface area (Å²) in [4.78, 5) is 25.3. The third-order valence-corrected chi connectivity index (χ3v) is 6.79. The average Bonchev–Trinajstić information content (AvgIpc) is 3.10. The molecule has 6 nitrogen and oxygen atoms in total. The summed E-state index contributed by atoms with van der Waals surface area (Å²) < 4.78 is 22.8. The number of amides is 1. The summed E-state index contributed by atoms with van der Waals surface area (Å²) in [5.74, 6) is -0.121. The van der Waals surface area contributed by atoms with Crippen molar-refractivity contribution in [2.24, 2.45) is 0 Å². The summed E-state index contributed by atoms with van der Waals surface area (Å²) >= 11 is 0. The molecule has 0 saturated heterocycles. The Bertz CT molecular complexity index is 930. The number of hydrogen-bond donors (Lipinski definition) is 1. The normalized spacial score (nSPS) is 19.6. The van der Waals surface area contributed by atoms with Crippen molar-refractivity contribution in [2.75, 3.05) is 13.2 Å². The van der Waals surface area contributed by atoms with Gasteiger partial charge < -0.3 is 9.79 Å². The number of rotatable bonds is 10. The Morgan fingerprint density at radius 1 is 1.13 bits per heavy atom. The number of phosphoric ester groups is 1. The molecule has 1 aliphatic rings. The van der Waals surface area contributed by atoms with Crippen LogP contribution in [0, 0.1) is 0 Å². The van der Waals surface area contributed by atoms with Crippen LogP contribution in [-0.4, -0.2) is 35.0 Å². The molecule has 3 rings (SSSR count). The number of hydrogen-bond acceptors (Lipinski definition) is 4. The van der Waals surface area contributed by atoms with Gasteiger partial charge in [0.15, 0.2) is 0 Å². The number of likely N-dealkylation sites (N-methyl/N-ethyl adjacent to an activating group) is 1. The van der Waals surface area contributed by atoms with E-state index in [1.165, 1.54) is 5.56 Å². The minimum absolute atomic E-state index is 0.0684. The van der Waals surface area contributed by atoms with Crippen molar-refractivity contribution in [3.63, 3.8) is 0 Å². The minimum atomic E-state index is -4.22. The Balaban J connectivity index is 1.88. The van der Waals surface area contributed by atoms with Crippen molar-refractivity contribution >= 4 is 13.7 Å². The molecule has 0 heterocycles. The molecule has 3 atom stereocenters. The van der Waals surface area contributed by atoms with Crippen LogP contribution in [0.1, 0.15) is 66.7 Å². The first-order valence-corrected chi connectivity index (χ1v) is 12.5. The van der Waals surface area contributed by atoms with Gasteiger partial charge in [-0.3, -0.25) is 13.8 Å². The first-order chi connectivity index (χ1) is 14.9. The first kappa shape index (κ1) is 23.7. The Hall–Kier alpha value is -1.98. The Labute approximate surface area is 184 Å².